The molecular formula is C33H51NO5. The number of allylic oxidation sites excluding steroid dienone is 2. The number of aliphatic hydroxyl groups excluding tert-OH is 1. The number of amides is 1. The van der Waals surface area contributed by atoms with Crippen LogP contribution in [0, 0.1) is 50.2 Å². The van der Waals surface area contributed by atoms with Gasteiger partial charge in [0, 0.05) is 17.9 Å². The van der Waals surface area contributed by atoms with Gasteiger partial charge in [-0.3, -0.25) is 14.4 Å². The Labute approximate surface area is 234 Å². The van der Waals surface area contributed by atoms with Gasteiger partial charge in [0.2, 0.25) is 5.91 Å². The fourth-order valence-electron chi connectivity index (χ4n) is 10.9. The molecule has 0 unspecified atom stereocenters. The number of nitrogens with one attached hydrogen (secondary N) is 1. The molecule has 218 valence electrons. The number of carboxylic acids is 1. The van der Waals surface area contributed by atoms with Gasteiger partial charge in [0.15, 0.2) is 5.78 Å². The maximum absolute atomic E-state index is 14.4. The summed E-state index contributed by atoms with van der Waals surface area (Å²) in [5.74, 6) is -0.268. The Morgan fingerprint density at radius 2 is 1.62 bits per heavy atom. The SMILES string of the molecule is CC1(C)[C@@H](O)CC[C@]2(C)[C@H]3C(=O)C=C4[C@@H]5C[C@@](C)(C(=O)NCCC(=O)O)CC[C@]5(C)CC[C@@]4(C)[C@]3(C)CC[C@@H]12. The van der Waals surface area contributed by atoms with Crippen LogP contribution in [0.15, 0.2) is 11.6 Å². The van der Waals surface area contributed by atoms with Crippen molar-refractivity contribution in [2.24, 2.45) is 50.2 Å². The predicted molar refractivity (Wildman–Crippen MR) is 151 cm³/mol. The van der Waals surface area contributed by atoms with Crippen LogP contribution in [0.1, 0.15) is 113 Å². The fourth-order valence-corrected chi connectivity index (χ4v) is 10.9. The molecule has 6 nitrogen and oxygen atoms in total. The molecule has 4 saturated carbocycles. The zero-order valence-electron chi connectivity index (χ0n) is 25.3. The zero-order valence-corrected chi connectivity index (χ0v) is 25.3. The lowest BCUT2D eigenvalue weighted by atomic mass is 9.33. The number of aliphatic hydroxyl groups is 1. The first kappa shape index (κ1) is 28.8. The molecule has 0 aromatic rings. The third kappa shape index (κ3) is 3.93. The summed E-state index contributed by atoms with van der Waals surface area (Å²) in [5.41, 5.74) is 0.164. The Bertz CT molecular complexity index is 1110. The van der Waals surface area contributed by atoms with Crippen LogP contribution in [0.25, 0.3) is 0 Å². The Balaban J connectivity index is 1.51. The smallest absolute Gasteiger partial charge is 0.305 e. The number of carbonyl (C=O) groups excluding carboxylic acids is 2. The number of hydrogen-bond donors (Lipinski definition) is 3. The molecule has 3 N–H and O–H groups in total. The number of hydrogen-bond acceptors (Lipinski definition) is 4. The summed E-state index contributed by atoms with van der Waals surface area (Å²) >= 11 is 0. The van der Waals surface area contributed by atoms with Crippen LogP contribution in [-0.2, 0) is 14.4 Å². The first-order chi connectivity index (χ1) is 17.9. The minimum atomic E-state index is -0.910. The molecule has 0 aliphatic heterocycles. The molecule has 0 saturated heterocycles. The third-order valence-electron chi connectivity index (χ3n) is 13.7. The molecule has 39 heavy (non-hydrogen) atoms. The highest BCUT2D eigenvalue weighted by Gasteiger charge is 2.70. The Hall–Kier alpha value is -1.69. The van der Waals surface area contributed by atoms with Gasteiger partial charge in [0.1, 0.15) is 0 Å². The summed E-state index contributed by atoms with van der Waals surface area (Å²) in [7, 11) is 0. The van der Waals surface area contributed by atoms with Gasteiger partial charge >= 0.3 is 5.97 Å². The summed E-state index contributed by atoms with van der Waals surface area (Å²) in [5, 5.41) is 22.8. The van der Waals surface area contributed by atoms with Crippen LogP contribution >= 0.6 is 0 Å². The van der Waals surface area contributed by atoms with Gasteiger partial charge in [-0.15, -0.1) is 0 Å². The summed E-state index contributed by atoms with van der Waals surface area (Å²) in [6.07, 6.45) is 9.91. The quantitative estimate of drug-likeness (QED) is 0.410. The third-order valence-corrected chi connectivity index (χ3v) is 13.7. The first-order valence-corrected chi connectivity index (χ1v) is 15.4. The van der Waals surface area contributed by atoms with Crippen molar-refractivity contribution < 1.29 is 24.6 Å². The number of carbonyl (C=O) groups is 3. The molecule has 0 spiro atoms. The molecule has 0 bridgehead atoms. The predicted octanol–water partition coefficient (Wildman–Crippen LogP) is 5.92. The second kappa shape index (κ2) is 8.90. The lowest BCUT2D eigenvalue weighted by Crippen LogP contribution is -2.66. The summed E-state index contributed by atoms with van der Waals surface area (Å²) in [4.78, 5) is 38.7. The van der Waals surface area contributed by atoms with Crippen LogP contribution < -0.4 is 5.32 Å². The van der Waals surface area contributed by atoms with Crippen molar-refractivity contribution in [2.45, 2.75) is 119 Å². The van der Waals surface area contributed by atoms with Crippen molar-refractivity contribution in [1.29, 1.82) is 0 Å². The van der Waals surface area contributed by atoms with E-state index in [0.29, 0.717) is 12.3 Å². The molecule has 0 heterocycles. The number of carboxylic acid groups (broad SMARTS) is 1. The Morgan fingerprint density at radius 3 is 2.28 bits per heavy atom. The van der Waals surface area contributed by atoms with E-state index in [-0.39, 0.29) is 69.7 Å². The monoisotopic (exact) mass is 541 g/mol. The molecule has 9 atom stereocenters. The molecule has 0 aromatic carbocycles. The molecule has 0 radical (unpaired) electrons. The Morgan fingerprint density at radius 1 is 0.949 bits per heavy atom. The van der Waals surface area contributed by atoms with E-state index < -0.39 is 11.4 Å². The van der Waals surface area contributed by atoms with E-state index in [1.54, 1.807) is 0 Å². The van der Waals surface area contributed by atoms with Crippen molar-refractivity contribution in [1.82, 2.24) is 5.32 Å². The highest BCUT2D eigenvalue weighted by molar-refractivity contribution is 5.95. The van der Waals surface area contributed by atoms with Crippen LogP contribution in [0.4, 0.5) is 0 Å². The van der Waals surface area contributed by atoms with Crippen molar-refractivity contribution >= 4 is 17.7 Å². The summed E-state index contributed by atoms with van der Waals surface area (Å²) in [6, 6.07) is 0. The van der Waals surface area contributed by atoms with Gasteiger partial charge in [0.05, 0.1) is 12.5 Å². The van der Waals surface area contributed by atoms with Crippen LogP contribution in [0.2, 0.25) is 0 Å². The number of aliphatic carboxylic acids is 1. The van der Waals surface area contributed by atoms with Gasteiger partial charge in [-0.2, -0.15) is 0 Å². The molecule has 5 aliphatic carbocycles. The highest BCUT2D eigenvalue weighted by Crippen LogP contribution is 2.75. The van der Waals surface area contributed by atoms with Gasteiger partial charge in [-0.25, -0.2) is 0 Å². The second-order valence-corrected chi connectivity index (χ2v) is 16.0. The molecule has 1 amide bonds. The Kier molecular flexibility index (Phi) is 6.58. The van der Waals surface area contributed by atoms with E-state index in [1.165, 1.54) is 5.57 Å². The van der Waals surface area contributed by atoms with E-state index in [1.807, 2.05) is 13.0 Å². The average molecular weight is 542 g/mol. The molecule has 4 fully saturated rings. The average Bonchev–Trinajstić information content (AvgIpc) is 2.84. The van der Waals surface area contributed by atoms with Gasteiger partial charge in [0.25, 0.3) is 0 Å². The van der Waals surface area contributed by atoms with Crippen molar-refractivity contribution in [3.63, 3.8) is 0 Å². The summed E-state index contributed by atoms with van der Waals surface area (Å²) in [6.45, 7) is 16.1. The van der Waals surface area contributed by atoms with Crippen LogP contribution in [0.5, 0.6) is 0 Å². The first-order valence-electron chi connectivity index (χ1n) is 15.4. The minimum absolute atomic E-state index is 0.0528. The molecule has 0 aromatic heterocycles. The largest absolute Gasteiger partial charge is 0.481 e. The number of fused-ring (bicyclic) bond motifs is 7. The summed E-state index contributed by atoms with van der Waals surface area (Å²) < 4.78 is 0. The standard InChI is InChI=1S/C33H51NO5/c1-28(2)23-8-12-33(7)26(31(23,5)11-9-24(28)36)22(35)18-20-21-19-30(4,27(39)34-17-10-25(37)38)14-13-29(21,3)15-16-32(20,33)6/h18,21,23-24,26,36H,8-17,19H2,1-7H3,(H,34,39)(H,37,38)/t21-,23-,24-,26+,29+,30-,31-,32+,33+/m0/s1. The lowest BCUT2D eigenvalue weighted by molar-refractivity contribution is -0.202. The number of ketones is 1. The van der Waals surface area contributed by atoms with Crippen molar-refractivity contribution in [2.75, 3.05) is 6.54 Å². The van der Waals surface area contributed by atoms with Crippen LogP contribution in [0.3, 0.4) is 0 Å². The van der Waals surface area contributed by atoms with Gasteiger partial charge in [-0.1, -0.05) is 54.0 Å². The van der Waals surface area contributed by atoms with Gasteiger partial charge < -0.3 is 15.5 Å². The maximum atomic E-state index is 14.4. The van der Waals surface area contributed by atoms with Crippen LogP contribution in [-0.4, -0.2) is 40.5 Å². The van der Waals surface area contributed by atoms with Crippen molar-refractivity contribution in [3.05, 3.63) is 11.6 Å². The molecule has 5 aliphatic rings. The maximum Gasteiger partial charge on any atom is 0.305 e. The van der Waals surface area contributed by atoms with Crippen molar-refractivity contribution in [3.8, 4) is 0 Å². The fraction of sp³-hybridized carbons (Fsp3) is 0.848. The highest BCUT2D eigenvalue weighted by atomic mass is 16.4. The van der Waals surface area contributed by atoms with Gasteiger partial charge in [-0.05, 0) is 103 Å². The van der Waals surface area contributed by atoms with E-state index in [4.69, 9.17) is 5.11 Å². The van der Waals surface area contributed by atoms with E-state index >= 15 is 0 Å². The molecular weight excluding hydrogens is 490 g/mol. The minimum Gasteiger partial charge on any atom is -0.481 e. The number of rotatable bonds is 4. The van der Waals surface area contributed by atoms with E-state index in [2.05, 4.69) is 46.9 Å². The molecule has 6 heteroatoms. The molecule has 5 rings (SSSR count). The zero-order chi connectivity index (χ0) is 28.8. The normalized spacial score (nSPS) is 48.5. The second-order valence-electron chi connectivity index (χ2n) is 16.0. The van der Waals surface area contributed by atoms with E-state index in [0.717, 1.165) is 51.4 Å². The lowest BCUT2D eigenvalue weighted by Gasteiger charge is -2.70. The van der Waals surface area contributed by atoms with E-state index in [9.17, 15) is 19.5 Å². The topological polar surface area (TPSA) is 104 Å².